The Hall–Kier alpha value is -0.570. The van der Waals surface area contributed by atoms with E-state index in [4.69, 9.17) is 0 Å². The van der Waals surface area contributed by atoms with Crippen molar-refractivity contribution in [3.05, 3.63) is 0 Å². The third-order valence-corrected chi connectivity index (χ3v) is 2.67. The van der Waals surface area contributed by atoms with Crippen molar-refractivity contribution in [3.8, 4) is 0 Å². The fourth-order valence-electron chi connectivity index (χ4n) is 1.40. The Morgan fingerprint density at radius 1 is 1.54 bits per heavy atom. The third kappa shape index (κ3) is 3.77. The number of hydrogen-bond donors (Lipinski definition) is 1. The molecule has 1 fully saturated rings. The quantitative estimate of drug-likeness (QED) is 0.682. The molecule has 1 unspecified atom stereocenters. The van der Waals surface area contributed by atoms with Gasteiger partial charge in [0.2, 0.25) is 5.91 Å². The lowest BCUT2D eigenvalue weighted by atomic mass is 10.1. The van der Waals surface area contributed by atoms with Gasteiger partial charge in [-0.3, -0.25) is 4.79 Å². The van der Waals surface area contributed by atoms with Gasteiger partial charge in [0.25, 0.3) is 0 Å². The van der Waals surface area contributed by atoms with E-state index in [9.17, 15) is 4.79 Å². The highest BCUT2D eigenvalue weighted by Gasteiger charge is 2.27. The smallest absolute Gasteiger partial charge is 0.236 e. The molecule has 0 radical (unpaired) electrons. The molecule has 1 aliphatic carbocycles. The van der Waals surface area contributed by atoms with Crippen molar-refractivity contribution in [1.29, 1.82) is 0 Å². The first kappa shape index (κ1) is 10.5. The van der Waals surface area contributed by atoms with Crippen LogP contribution in [0.25, 0.3) is 0 Å². The summed E-state index contributed by atoms with van der Waals surface area (Å²) in [5.41, 5.74) is 0. The van der Waals surface area contributed by atoms with E-state index in [1.165, 1.54) is 12.8 Å². The van der Waals surface area contributed by atoms with Gasteiger partial charge in [0, 0.05) is 14.1 Å². The maximum absolute atomic E-state index is 11.2. The zero-order valence-electron chi connectivity index (χ0n) is 8.84. The molecule has 0 aromatic heterocycles. The van der Waals surface area contributed by atoms with Crippen LogP contribution in [0.1, 0.15) is 19.8 Å². The zero-order chi connectivity index (χ0) is 9.84. The lowest BCUT2D eigenvalue weighted by Gasteiger charge is -2.13. The Kier molecular flexibility index (Phi) is 3.72. The van der Waals surface area contributed by atoms with E-state index in [0.717, 1.165) is 18.4 Å². The SMILES string of the molecule is CC(CNCC(=O)N(C)C)C1CC1. The molecule has 1 aliphatic rings. The predicted octanol–water partition coefficient (Wildman–Crippen LogP) is 0.710. The Morgan fingerprint density at radius 3 is 2.62 bits per heavy atom. The number of rotatable bonds is 5. The lowest BCUT2D eigenvalue weighted by molar-refractivity contribution is -0.127. The van der Waals surface area contributed by atoms with E-state index in [2.05, 4.69) is 12.2 Å². The summed E-state index contributed by atoms with van der Waals surface area (Å²) in [6.07, 6.45) is 2.76. The first-order valence-corrected chi connectivity index (χ1v) is 5.02. The molecule has 1 atom stereocenters. The van der Waals surface area contributed by atoms with Crippen molar-refractivity contribution in [2.75, 3.05) is 27.2 Å². The second-order valence-electron chi connectivity index (χ2n) is 4.23. The van der Waals surface area contributed by atoms with Crippen LogP contribution in [-0.4, -0.2) is 38.0 Å². The molecule has 0 aromatic rings. The molecule has 1 N–H and O–H groups in total. The number of nitrogens with one attached hydrogen (secondary N) is 1. The Morgan fingerprint density at radius 2 is 2.15 bits per heavy atom. The van der Waals surface area contributed by atoms with Crippen molar-refractivity contribution in [3.63, 3.8) is 0 Å². The van der Waals surface area contributed by atoms with Crippen molar-refractivity contribution in [1.82, 2.24) is 10.2 Å². The van der Waals surface area contributed by atoms with Gasteiger partial charge in [0.1, 0.15) is 0 Å². The van der Waals surface area contributed by atoms with E-state index in [1.54, 1.807) is 19.0 Å². The Bertz CT molecular complexity index is 176. The van der Waals surface area contributed by atoms with E-state index >= 15 is 0 Å². The Balaban J connectivity index is 2.02. The molecule has 3 heteroatoms. The van der Waals surface area contributed by atoms with Crippen LogP contribution >= 0.6 is 0 Å². The number of carbonyl (C=O) groups excluding carboxylic acids is 1. The van der Waals surface area contributed by atoms with E-state index in [1.807, 2.05) is 0 Å². The molecule has 3 nitrogen and oxygen atoms in total. The number of nitrogens with zero attached hydrogens (tertiary/aromatic N) is 1. The van der Waals surface area contributed by atoms with Crippen LogP contribution in [0, 0.1) is 11.8 Å². The Labute approximate surface area is 80.5 Å². The minimum Gasteiger partial charge on any atom is -0.348 e. The molecule has 0 heterocycles. The van der Waals surface area contributed by atoms with Crippen LogP contribution in [0.2, 0.25) is 0 Å². The molecular weight excluding hydrogens is 164 g/mol. The molecule has 0 aromatic carbocycles. The van der Waals surface area contributed by atoms with Gasteiger partial charge in [0.05, 0.1) is 6.54 Å². The van der Waals surface area contributed by atoms with Gasteiger partial charge in [0.15, 0.2) is 0 Å². The number of carbonyl (C=O) groups is 1. The highest BCUT2D eigenvalue weighted by atomic mass is 16.2. The van der Waals surface area contributed by atoms with Gasteiger partial charge in [-0.1, -0.05) is 6.92 Å². The summed E-state index contributed by atoms with van der Waals surface area (Å²) in [6.45, 7) is 3.71. The van der Waals surface area contributed by atoms with Crippen LogP contribution in [0.15, 0.2) is 0 Å². The van der Waals surface area contributed by atoms with Crippen LogP contribution in [0.4, 0.5) is 0 Å². The van der Waals surface area contributed by atoms with Gasteiger partial charge in [-0.2, -0.15) is 0 Å². The standard InChI is InChI=1S/C10H20N2O/c1-8(9-4-5-9)6-11-7-10(13)12(2)3/h8-9,11H,4-7H2,1-3H3. The van der Waals surface area contributed by atoms with Gasteiger partial charge in [-0.05, 0) is 31.2 Å². The van der Waals surface area contributed by atoms with Crippen LogP contribution in [-0.2, 0) is 4.79 Å². The average Bonchev–Trinajstić information content (AvgIpc) is 2.85. The third-order valence-electron chi connectivity index (χ3n) is 2.67. The molecular formula is C10H20N2O. The van der Waals surface area contributed by atoms with Crippen molar-refractivity contribution in [2.24, 2.45) is 11.8 Å². The van der Waals surface area contributed by atoms with E-state index < -0.39 is 0 Å². The average molecular weight is 184 g/mol. The molecule has 13 heavy (non-hydrogen) atoms. The first-order valence-electron chi connectivity index (χ1n) is 5.02. The summed E-state index contributed by atoms with van der Waals surface area (Å²) in [4.78, 5) is 12.8. The summed E-state index contributed by atoms with van der Waals surface area (Å²) < 4.78 is 0. The fraction of sp³-hybridized carbons (Fsp3) is 0.900. The highest BCUT2D eigenvalue weighted by molar-refractivity contribution is 5.77. The first-order chi connectivity index (χ1) is 6.11. The van der Waals surface area contributed by atoms with E-state index in [0.29, 0.717) is 6.54 Å². The molecule has 0 saturated heterocycles. The van der Waals surface area contributed by atoms with Crippen molar-refractivity contribution in [2.45, 2.75) is 19.8 Å². The van der Waals surface area contributed by atoms with Gasteiger partial charge in [-0.15, -0.1) is 0 Å². The minimum absolute atomic E-state index is 0.156. The molecule has 0 aliphatic heterocycles. The largest absolute Gasteiger partial charge is 0.348 e. The maximum atomic E-state index is 11.2. The van der Waals surface area contributed by atoms with Crippen LogP contribution in [0.5, 0.6) is 0 Å². The molecule has 0 bridgehead atoms. The summed E-state index contributed by atoms with van der Waals surface area (Å²) >= 11 is 0. The van der Waals surface area contributed by atoms with Crippen LogP contribution in [0.3, 0.4) is 0 Å². The number of hydrogen-bond acceptors (Lipinski definition) is 2. The molecule has 1 rings (SSSR count). The number of likely N-dealkylation sites (N-methyl/N-ethyl adjacent to an activating group) is 1. The molecule has 1 saturated carbocycles. The van der Waals surface area contributed by atoms with Gasteiger partial charge < -0.3 is 10.2 Å². The second kappa shape index (κ2) is 4.61. The summed E-state index contributed by atoms with van der Waals surface area (Å²) in [5.74, 6) is 1.81. The maximum Gasteiger partial charge on any atom is 0.236 e. The predicted molar refractivity (Wildman–Crippen MR) is 53.5 cm³/mol. The van der Waals surface area contributed by atoms with Gasteiger partial charge in [-0.25, -0.2) is 0 Å². The molecule has 0 spiro atoms. The zero-order valence-corrected chi connectivity index (χ0v) is 8.84. The molecule has 76 valence electrons. The van der Waals surface area contributed by atoms with Crippen molar-refractivity contribution >= 4 is 5.91 Å². The fourth-order valence-corrected chi connectivity index (χ4v) is 1.40. The summed E-state index contributed by atoms with van der Waals surface area (Å²) in [7, 11) is 3.57. The molecule has 1 amide bonds. The number of amides is 1. The summed E-state index contributed by atoms with van der Waals surface area (Å²) in [6, 6.07) is 0. The van der Waals surface area contributed by atoms with E-state index in [-0.39, 0.29) is 5.91 Å². The van der Waals surface area contributed by atoms with Crippen molar-refractivity contribution < 1.29 is 4.79 Å². The van der Waals surface area contributed by atoms with Crippen LogP contribution < -0.4 is 5.32 Å². The normalized spacial score (nSPS) is 18.4. The lowest BCUT2D eigenvalue weighted by Crippen LogP contribution is -2.35. The summed E-state index contributed by atoms with van der Waals surface area (Å²) in [5, 5.41) is 3.20. The van der Waals surface area contributed by atoms with Gasteiger partial charge >= 0.3 is 0 Å². The topological polar surface area (TPSA) is 32.3 Å². The minimum atomic E-state index is 0.156. The monoisotopic (exact) mass is 184 g/mol. The highest BCUT2D eigenvalue weighted by Crippen LogP contribution is 2.35. The second-order valence-corrected chi connectivity index (χ2v) is 4.23.